The molecule has 5 nitrogen and oxygen atoms in total. The maximum Gasteiger partial charge on any atom is 0.147 e. The van der Waals surface area contributed by atoms with Crippen molar-refractivity contribution in [1.82, 2.24) is 15.0 Å². The van der Waals surface area contributed by atoms with Crippen LogP contribution in [-0.4, -0.2) is 34.2 Å². The SMILES string of the molecule is Cc1cc(C)c2c(n1)sc1c(NCCCOC(C)C)ncnc12. The van der Waals surface area contributed by atoms with Crippen molar-refractivity contribution in [2.24, 2.45) is 0 Å². The van der Waals surface area contributed by atoms with Gasteiger partial charge >= 0.3 is 0 Å². The molecule has 23 heavy (non-hydrogen) atoms. The van der Waals surface area contributed by atoms with Gasteiger partial charge in [0.25, 0.3) is 0 Å². The highest BCUT2D eigenvalue weighted by Crippen LogP contribution is 2.36. The van der Waals surface area contributed by atoms with Gasteiger partial charge in [0.05, 0.1) is 16.3 Å². The zero-order chi connectivity index (χ0) is 16.4. The van der Waals surface area contributed by atoms with Gasteiger partial charge in [0, 0.05) is 24.2 Å². The Morgan fingerprint density at radius 1 is 1.26 bits per heavy atom. The maximum atomic E-state index is 5.56. The number of nitrogens with zero attached hydrogens (tertiary/aromatic N) is 3. The Morgan fingerprint density at radius 2 is 2.09 bits per heavy atom. The van der Waals surface area contributed by atoms with Crippen LogP contribution in [0.5, 0.6) is 0 Å². The second-order valence-electron chi connectivity index (χ2n) is 5.96. The molecule has 3 aromatic rings. The van der Waals surface area contributed by atoms with Crippen molar-refractivity contribution in [3.8, 4) is 0 Å². The highest BCUT2D eigenvalue weighted by molar-refractivity contribution is 7.26. The lowest BCUT2D eigenvalue weighted by atomic mass is 10.1. The van der Waals surface area contributed by atoms with Crippen molar-refractivity contribution in [2.75, 3.05) is 18.5 Å². The minimum absolute atomic E-state index is 0.278. The van der Waals surface area contributed by atoms with Crippen LogP contribution in [0.3, 0.4) is 0 Å². The smallest absolute Gasteiger partial charge is 0.147 e. The summed E-state index contributed by atoms with van der Waals surface area (Å²) in [6.45, 7) is 9.83. The van der Waals surface area contributed by atoms with Crippen molar-refractivity contribution < 1.29 is 4.74 Å². The first-order chi connectivity index (χ1) is 11.1. The molecule has 0 aliphatic rings. The van der Waals surface area contributed by atoms with Gasteiger partial charge in [-0.25, -0.2) is 15.0 Å². The van der Waals surface area contributed by atoms with Gasteiger partial charge in [-0.15, -0.1) is 11.3 Å². The van der Waals surface area contributed by atoms with Crippen LogP contribution >= 0.6 is 11.3 Å². The molecule has 1 N–H and O–H groups in total. The molecule has 122 valence electrons. The van der Waals surface area contributed by atoms with Crippen LogP contribution in [0.4, 0.5) is 5.82 Å². The fraction of sp³-hybridized carbons (Fsp3) is 0.471. The highest BCUT2D eigenvalue weighted by atomic mass is 32.1. The Labute approximate surface area is 140 Å². The second-order valence-corrected chi connectivity index (χ2v) is 6.96. The molecular formula is C17H22N4OS. The molecule has 3 aromatic heterocycles. The number of fused-ring (bicyclic) bond motifs is 3. The fourth-order valence-electron chi connectivity index (χ4n) is 2.63. The summed E-state index contributed by atoms with van der Waals surface area (Å²) < 4.78 is 6.64. The number of thiophene rings is 1. The predicted molar refractivity (Wildman–Crippen MR) is 96.4 cm³/mol. The van der Waals surface area contributed by atoms with Crippen LogP contribution in [0.15, 0.2) is 12.4 Å². The fourth-order valence-corrected chi connectivity index (χ4v) is 3.85. The van der Waals surface area contributed by atoms with E-state index < -0.39 is 0 Å². The standard InChI is InChI=1S/C17H22N4OS/c1-10(2)22-7-5-6-18-16-15-14(19-9-20-16)13-11(3)8-12(4)21-17(13)23-15/h8-10H,5-7H2,1-4H3,(H,18,19,20). The molecule has 0 fully saturated rings. The molecule has 0 saturated carbocycles. The first-order valence-electron chi connectivity index (χ1n) is 7.93. The van der Waals surface area contributed by atoms with E-state index in [0.29, 0.717) is 0 Å². The van der Waals surface area contributed by atoms with Gasteiger partial charge in [-0.3, -0.25) is 0 Å². The van der Waals surface area contributed by atoms with Crippen molar-refractivity contribution in [1.29, 1.82) is 0 Å². The molecular weight excluding hydrogens is 308 g/mol. The monoisotopic (exact) mass is 330 g/mol. The highest BCUT2D eigenvalue weighted by Gasteiger charge is 2.14. The average molecular weight is 330 g/mol. The summed E-state index contributed by atoms with van der Waals surface area (Å²) in [7, 11) is 0. The molecule has 0 saturated heterocycles. The summed E-state index contributed by atoms with van der Waals surface area (Å²) in [4.78, 5) is 14.6. The van der Waals surface area contributed by atoms with Crippen LogP contribution in [0.1, 0.15) is 31.5 Å². The van der Waals surface area contributed by atoms with E-state index in [1.807, 2.05) is 6.92 Å². The maximum absolute atomic E-state index is 5.56. The Balaban J connectivity index is 1.86. The van der Waals surface area contributed by atoms with E-state index in [0.717, 1.165) is 51.5 Å². The molecule has 0 unspecified atom stereocenters. The predicted octanol–water partition coefficient (Wildman–Crippen LogP) is 4.08. The first-order valence-corrected chi connectivity index (χ1v) is 8.75. The zero-order valence-corrected chi connectivity index (χ0v) is 14.8. The lowest BCUT2D eigenvalue weighted by Gasteiger charge is -2.08. The van der Waals surface area contributed by atoms with Gasteiger partial charge in [0.2, 0.25) is 0 Å². The topological polar surface area (TPSA) is 59.9 Å². The van der Waals surface area contributed by atoms with Gasteiger partial charge in [0.1, 0.15) is 17.0 Å². The summed E-state index contributed by atoms with van der Waals surface area (Å²) in [6.07, 6.45) is 2.85. The van der Waals surface area contributed by atoms with E-state index in [-0.39, 0.29) is 6.10 Å². The summed E-state index contributed by atoms with van der Waals surface area (Å²) >= 11 is 1.66. The number of aromatic nitrogens is 3. The molecule has 0 bridgehead atoms. The molecule has 0 atom stereocenters. The van der Waals surface area contributed by atoms with Crippen molar-refractivity contribution in [3.63, 3.8) is 0 Å². The molecule has 0 aliphatic heterocycles. The van der Waals surface area contributed by atoms with Crippen LogP contribution in [0.2, 0.25) is 0 Å². The minimum atomic E-state index is 0.278. The van der Waals surface area contributed by atoms with E-state index >= 15 is 0 Å². The number of pyridine rings is 1. The molecule has 0 aromatic carbocycles. The number of rotatable bonds is 6. The second kappa shape index (κ2) is 6.76. The number of hydrogen-bond acceptors (Lipinski definition) is 6. The molecule has 0 aliphatic carbocycles. The number of hydrogen-bond donors (Lipinski definition) is 1. The number of aryl methyl sites for hydroxylation is 2. The first kappa shape index (κ1) is 16.1. The van der Waals surface area contributed by atoms with E-state index in [1.54, 1.807) is 17.7 Å². The number of nitrogens with one attached hydrogen (secondary N) is 1. The molecule has 0 radical (unpaired) electrons. The number of anilines is 1. The van der Waals surface area contributed by atoms with Crippen molar-refractivity contribution in [2.45, 2.75) is 40.2 Å². The van der Waals surface area contributed by atoms with Gasteiger partial charge in [-0.05, 0) is 45.7 Å². The van der Waals surface area contributed by atoms with Gasteiger partial charge in [-0.1, -0.05) is 0 Å². The zero-order valence-electron chi connectivity index (χ0n) is 14.0. The Bertz CT molecular complexity index is 828. The summed E-state index contributed by atoms with van der Waals surface area (Å²) in [5, 5.41) is 4.55. The van der Waals surface area contributed by atoms with Crippen LogP contribution in [0, 0.1) is 13.8 Å². The van der Waals surface area contributed by atoms with Crippen LogP contribution < -0.4 is 5.32 Å². The van der Waals surface area contributed by atoms with E-state index in [1.165, 1.54) is 5.56 Å². The third-order valence-corrected chi connectivity index (χ3v) is 4.70. The minimum Gasteiger partial charge on any atom is -0.379 e. The van der Waals surface area contributed by atoms with Gasteiger partial charge < -0.3 is 10.1 Å². The lowest BCUT2D eigenvalue weighted by molar-refractivity contribution is 0.0787. The van der Waals surface area contributed by atoms with Crippen molar-refractivity contribution in [3.05, 3.63) is 23.7 Å². The molecule has 0 spiro atoms. The molecule has 3 heterocycles. The van der Waals surface area contributed by atoms with Crippen LogP contribution in [0.25, 0.3) is 20.4 Å². The van der Waals surface area contributed by atoms with E-state index in [9.17, 15) is 0 Å². The Hall–Kier alpha value is -1.79. The van der Waals surface area contributed by atoms with Crippen molar-refractivity contribution >= 4 is 37.6 Å². The third kappa shape index (κ3) is 3.43. The average Bonchev–Trinajstić information content (AvgIpc) is 2.85. The van der Waals surface area contributed by atoms with E-state index in [4.69, 9.17) is 4.74 Å². The third-order valence-electron chi connectivity index (χ3n) is 3.62. The van der Waals surface area contributed by atoms with Crippen LogP contribution in [-0.2, 0) is 4.74 Å². The molecule has 0 amide bonds. The normalized spacial score (nSPS) is 11.7. The summed E-state index contributed by atoms with van der Waals surface area (Å²) in [5.41, 5.74) is 3.24. The number of ether oxygens (including phenoxy) is 1. The summed E-state index contributed by atoms with van der Waals surface area (Å²) in [5.74, 6) is 0.889. The van der Waals surface area contributed by atoms with Gasteiger partial charge in [0.15, 0.2) is 0 Å². The quantitative estimate of drug-likeness (QED) is 0.690. The largest absolute Gasteiger partial charge is 0.379 e. The summed E-state index contributed by atoms with van der Waals surface area (Å²) in [6, 6.07) is 2.10. The Morgan fingerprint density at radius 3 is 2.87 bits per heavy atom. The molecule has 6 heteroatoms. The lowest BCUT2D eigenvalue weighted by Crippen LogP contribution is -2.10. The van der Waals surface area contributed by atoms with Gasteiger partial charge in [-0.2, -0.15) is 0 Å². The molecule has 3 rings (SSSR count). The van der Waals surface area contributed by atoms with E-state index in [2.05, 4.69) is 47.1 Å². The Kier molecular flexibility index (Phi) is 4.73.